The molecule has 3 aliphatic heterocycles. The maximum atomic E-state index is 10.9. The Hall–Kier alpha value is -0.460. The molecule has 4 rings (SSSR count). The average Bonchev–Trinajstić information content (AvgIpc) is 3.12. The first-order valence-electron chi connectivity index (χ1n) is 9.27. The number of thiophene rings is 1. The highest BCUT2D eigenvalue weighted by atomic mass is 32.1. The van der Waals surface area contributed by atoms with Crippen molar-refractivity contribution in [2.24, 2.45) is 0 Å². The summed E-state index contributed by atoms with van der Waals surface area (Å²) in [5, 5.41) is 10.9. The van der Waals surface area contributed by atoms with Gasteiger partial charge in [-0.15, -0.1) is 11.3 Å². The lowest BCUT2D eigenvalue weighted by Crippen LogP contribution is -2.59. The summed E-state index contributed by atoms with van der Waals surface area (Å²) in [6.45, 7) is 9.45. The van der Waals surface area contributed by atoms with Gasteiger partial charge in [-0.3, -0.25) is 4.90 Å². The summed E-state index contributed by atoms with van der Waals surface area (Å²) < 4.78 is 12.0. The summed E-state index contributed by atoms with van der Waals surface area (Å²) >= 11 is 1.93. The molecule has 2 unspecified atom stereocenters. The van der Waals surface area contributed by atoms with Crippen LogP contribution in [0.2, 0.25) is 0 Å². The lowest BCUT2D eigenvalue weighted by atomic mass is 9.78. The predicted molar refractivity (Wildman–Crippen MR) is 95.6 cm³/mol. The Morgan fingerprint density at radius 1 is 1.46 bits per heavy atom. The van der Waals surface area contributed by atoms with Gasteiger partial charge in [-0.05, 0) is 44.7 Å². The zero-order valence-electron chi connectivity index (χ0n) is 15.0. The SMILES string of the molecule is CCC1(O)COCC1N1CC[C@]2(C[C@@H]1C)OCCc1sc(C)cc12. The van der Waals surface area contributed by atoms with E-state index in [1.807, 2.05) is 11.3 Å². The highest BCUT2D eigenvalue weighted by molar-refractivity contribution is 7.12. The zero-order valence-corrected chi connectivity index (χ0v) is 15.8. The van der Waals surface area contributed by atoms with Gasteiger partial charge in [0.15, 0.2) is 0 Å². The van der Waals surface area contributed by atoms with Crippen molar-refractivity contribution < 1.29 is 14.6 Å². The Morgan fingerprint density at radius 2 is 2.29 bits per heavy atom. The van der Waals surface area contributed by atoms with Crippen molar-refractivity contribution in [3.63, 3.8) is 0 Å². The van der Waals surface area contributed by atoms with Crippen LogP contribution >= 0.6 is 11.3 Å². The molecule has 0 aromatic carbocycles. The fourth-order valence-electron chi connectivity index (χ4n) is 4.96. The molecule has 0 amide bonds. The van der Waals surface area contributed by atoms with Crippen LogP contribution in [0.15, 0.2) is 6.07 Å². The fraction of sp³-hybridized carbons (Fsp3) is 0.789. The van der Waals surface area contributed by atoms with Crippen LogP contribution in [0.3, 0.4) is 0 Å². The molecule has 2 fully saturated rings. The molecule has 4 atom stereocenters. The molecule has 1 N–H and O–H groups in total. The van der Waals surface area contributed by atoms with E-state index in [-0.39, 0.29) is 11.6 Å². The van der Waals surface area contributed by atoms with Crippen LogP contribution in [0.25, 0.3) is 0 Å². The molecular formula is C19H29NO3S. The van der Waals surface area contributed by atoms with Crippen molar-refractivity contribution in [2.75, 3.05) is 26.4 Å². The molecule has 134 valence electrons. The Labute approximate surface area is 148 Å². The van der Waals surface area contributed by atoms with Crippen molar-refractivity contribution in [1.82, 2.24) is 4.90 Å². The van der Waals surface area contributed by atoms with Crippen LogP contribution in [0, 0.1) is 6.92 Å². The maximum absolute atomic E-state index is 10.9. The summed E-state index contributed by atoms with van der Waals surface area (Å²) in [5.41, 5.74) is 0.630. The van der Waals surface area contributed by atoms with Gasteiger partial charge in [-0.1, -0.05) is 6.92 Å². The number of hydrogen-bond donors (Lipinski definition) is 1. The zero-order chi connectivity index (χ0) is 16.9. The Morgan fingerprint density at radius 3 is 3.04 bits per heavy atom. The van der Waals surface area contributed by atoms with Crippen molar-refractivity contribution in [2.45, 2.75) is 69.7 Å². The highest BCUT2D eigenvalue weighted by Crippen LogP contribution is 2.47. The summed E-state index contributed by atoms with van der Waals surface area (Å²) in [6, 6.07) is 2.85. The van der Waals surface area contributed by atoms with Gasteiger partial charge < -0.3 is 14.6 Å². The molecule has 24 heavy (non-hydrogen) atoms. The lowest BCUT2D eigenvalue weighted by Gasteiger charge is -2.50. The number of nitrogens with zero attached hydrogens (tertiary/aromatic N) is 1. The van der Waals surface area contributed by atoms with Gasteiger partial charge in [-0.2, -0.15) is 0 Å². The predicted octanol–water partition coefficient (Wildman–Crippen LogP) is 2.85. The van der Waals surface area contributed by atoms with E-state index in [2.05, 4.69) is 31.7 Å². The van der Waals surface area contributed by atoms with Gasteiger partial charge in [0.05, 0.1) is 31.5 Å². The van der Waals surface area contributed by atoms with E-state index in [0.717, 1.165) is 38.8 Å². The van der Waals surface area contributed by atoms with Crippen LogP contribution < -0.4 is 0 Å². The molecule has 1 spiro atoms. The standard InChI is InChI=1S/C19H29NO3S/c1-4-18(21)12-22-11-17(18)20-7-6-19(10-13(20)2)15-9-14(3)24-16(15)5-8-23-19/h9,13,17,21H,4-8,10-12H2,1-3H3/t13-,17?,18?,19+/m0/s1. The number of ether oxygens (including phenoxy) is 2. The molecule has 3 aliphatic rings. The van der Waals surface area contributed by atoms with E-state index < -0.39 is 5.60 Å². The molecule has 5 heteroatoms. The summed E-state index contributed by atoms with van der Waals surface area (Å²) in [4.78, 5) is 5.39. The van der Waals surface area contributed by atoms with E-state index in [0.29, 0.717) is 19.3 Å². The minimum absolute atomic E-state index is 0.113. The Balaban J connectivity index is 1.57. The van der Waals surface area contributed by atoms with Crippen LogP contribution in [0.4, 0.5) is 0 Å². The van der Waals surface area contributed by atoms with Crippen LogP contribution in [0.5, 0.6) is 0 Å². The number of hydrogen-bond acceptors (Lipinski definition) is 5. The summed E-state index contributed by atoms with van der Waals surface area (Å²) in [6.07, 6.45) is 3.82. The maximum Gasteiger partial charge on any atom is 0.105 e. The molecule has 2 saturated heterocycles. The van der Waals surface area contributed by atoms with Crippen molar-refractivity contribution >= 4 is 11.3 Å². The first kappa shape index (κ1) is 17.0. The second-order valence-electron chi connectivity index (χ2n) is 7.82. The minimum Gasteiger partial charge on any atom is -0.386 e. The quantitative estimate of drug-likeness (QED) is 0.890. The third kappa shape index (κ3) is 2.56. The monoisotopic (exact) mass is 351 g/mol. The average molecular weight is 352 g/mol. The Bertz CT molecular complexity index is 618. The van der Waals surface area contributed by atoms with Crippen LogP contribution in [0.1, 0.15) is 48.4 Å². The van der Waals surface area contributed by atoms with Gasteiger partial charge in [0.1, 0.15) is 5.60 Å². The highest BCUT2D eigenvalue weighted by Gasteiger charge is 2.50. The normalized spacial score (nSPS) is 40.2. The summed E-state index contributed by atoms with van der Waals surface area (Å²) in [7, 11) is 0. The van der Waals surface area contributed by atoms with E-state index >= 15 is 0 Å². The molecule has 4 nitrogen and oxygen atoms in total. The van der Waals surface area contributed by atoms with E-state index in [4.69, 9.17) is 9.47 Å². The number of rotatable bonds is 2. The van der Waals surface area contributed by atoms with E-state index in [9.17, 15) is 5.11 Å². The van der Waals surface area contributed by atoms with Crippen molar-refractivity contribution in [3.8, 4) is 0 Å². The van der Waals surface area contributed by atoms with Gasteiger partial charge in [0.25, 0.3) is 0 Å². The molecule has 4 heterocycles. The largest absolute Gasteiger partial charge is 0.386 e. The minimum atomic E-state index is -0.698. The fourth-order valence-corrected chi connectivity index (χ4v) is 6.06. The van der Waals surface area contributed by atoms with Crippen LogP contribution in [-0.4, -0.2) is 54.1 Å². The molecule has 1 aromatic rings. The van der Waals surface area contributed by atoms with Crippen molar-refractivity contribution in [3.05, 3.63) is 21.4 Å². The number of likely N-dealkylation sites (tertiary alicyclic amines) is 1. The second kappa shape index (κ2) is 6.06. The number of aliphatic hydroxyl groups is 1. The van der Waals surface area contributed by atoms with Gasteiger partial charge >= 0.3 is 0 Å². The first-order valence-corrected chi connectivity index (χ1v) is 10.1. The molecule has 1 aromatic heterocycles. The summed E-state index contributed by atoms with van der Waals surface area (Å²) in [5.74, 6) is 0. The Kier molecular flexibility index (Phi) is 4.29. The number of fused-ring (bicyclic) bond motifs is 2. The van der Waals surface area contributed by atoms with E-state index in [1.54, 1.807) is 0 Å². The number of aryl methyl sites for hydroxylation is 1. The lowest BCUT2D eigenvalue weighted by molar-refractivity contribution is -0.131. The molecule has 0 bridgehead atoms. The van der Waals surface area contributed by atoms with Crippen molar-refractivity contribution in [1.29, 1.82) is 0 Å². The van der Waals surface area contributed by atoms with Gasteiger partial charge in [-0.25, -0.2) is 0 Å². The molecule has 0 radical (unpaired) electrons. The second-order valence-corrected chi connectivity index (χ2v) is 9.16. The first-order chi connectivity index (χ1) is 11.5. The molecule has 0 aliphatic carbocycles. The van der Waals surface area contributed by atoms with E-state index in [1.165, 1.54) is 15.3 Å². The van der Waals surface area contributed by atoms with Crippen LogP contribution in [-0.2, 0) is 21.5 Å². The third-order valence-electron chi connectivity index (χ3n) is 6.36. The molecular weight excluding hydrogens is 322 g/mol. The number of piperidine rings is 1. The van der Waals surface area contributed by atoms with Gasteiger partial charge in [0, 0.05) is 28.8 Å². The topological polar surface area (TPSA) is 41.9 Å². The smallest absolute Gasteiger partial charge is 0.105 e. The third-order valence-corrected chi connectivity index (χ3v) is 7.47. The van der Waals surface area contributed by atoms with Gasteiger partial charge in [0.2, 0.25) is 0 Å². The molecule has 0 saturated carbocycles.